The van der Waals surface area contributed by atoms with E-state index < -0.39 is 6.04 Å². The summed E-state index contributed by atoms with van der Waals surface area (Å²) in [5.41, 5.74) is 2.69. The Kier molecular flexibility index (Phi) is 3.30. The van der Waals surface area contributed by atoms with Crippen molar-refractivity contribution in [2.75, 3.05) is 5.32 Å². The fourth-order valence-electron chi connectivity index (χ4n) is 2.24. The molecule has 0 bridgehead atoms. The van der Waals surface area contributed by atoms with E-state index >= 15 is 0 Å². The van der Waals surface area contributed by atoms with E-state index in [0.717, 1.165) is 22.2 Å². The zero-order chi connectivity index (χ0) is 13.8. The number of hydrogen-bond donors (Lipinski definition) is 1. The Labute approximate surface area is 117 Å². The van der Waals surface area contributed by atoms with Gasteiger partial charge in [-0.2, -0.15) is 5.26 Å². The molecule has 1 N–H and O–H groups in total. The van der Waals surface area contributed by atoms with Gasteiger partial charge in [0.2, 0.25) is 0 Å². The van der Waals surface area contributed by atoms with Crippen LogP contribution in [0.5, 0.6) is 0 Å². The van der Waals surface area contributed by atoms with E-state index in [4.69, 9.17) is 0 Å². The molecule has 3 nitrogen and oxygen atoms in total. The maximum Gasteiger partial charge on any atom is 0.142 e. The van der Waals surface area contributed by atoms with E-state index in [9.17, 15) is 5.26 Å². The molecular formula is C17H13N3. The van der Waals surface area contributed by atoms with Crippen molar-refractivity contribution in [1.82, 2.24) is 4.98 Å². The van der Waals surface area contributed by atoms with Crippen molar-refractivity contribution in [2.24, 2.45) is 0 Å². The molecule has 1 atom stereocenters. The number of benzene rings is 2. The van der Waals surface area contributed by atoms with Gasteiger partial charge >= 0.3 is 0 Å². The summed E-state index contributed by atoms with van der Waals surface area (Å²) in [7, 11) is 0. The fourth-order valence-corrected chi connectivity index (χ4v) is 2.24. The topological polar surface area (TPSA) is 48.7 Å². The van der Waals surface area contributed by atoms with Gasteiger partial charge in [0.1, 0.15) is 6.04 Å². The highest BCUT2D eigenvalue weighted by atomic mass is 14.9. The van der Waals surface area contributed by atoms with Crippen molar-refractivity contribution in [3.63, 3.8) is 0 Å². The fraction of sp³-hybridized carbons (Fsp3) is 0.0588. The number of rotatable bonds is 3. The van der Waals surface area contributed by atoms with Gasteiger partial charge in [-0.05, 0) is 18.2 Å². The van der Waals surface area contributed by atoms with Crippen LogP contribution in [0.3, 0.4) is 0 Å². The maximum atomic E-state index is 9.46. The molecule has 0 radical (unpaired) electrons. The van der Waals surface area contributed by atoms with Crippen LogP contribution in [0.4, 0.5) is 5.69 Å². The second-order valence-corrected chi connectivity index (χ2v) is 4.49. The molecule has 96 valence electrons. The molecule has 0 saturated heterocycles. The minimum absolute atomic E-state index is 0.420. The summed E-state index contributed by atoms with van der Waals surface area (Å²) in [4.78, 5) is 4.40. The SMILES string of the molecule is N#CC(Nc1ccccc1)c1cccc2cccnc12. The van der Waals surface area contributed by atoms with Crippen LogP contribution in [-0.4, -0.2) is 4.98 Å². The molecule has 0 aliphatic heterocycles. The standard InChI is InChI=1S/C17H13N3/c18-12-16(20-14-8-2-1-3-9-14)15-10-4-6-13-7-5-11-19-17(13)15/h1-11,16,20H. The van der Waals surface area contributed by atoms with Crippen LogP contribution in [0.15, 0.2) is 66.9 Å². The van der Waals surface area contributed by atoms with Gasteiger partial charge in [-0.15, -0.1) is 0 Å². The Morgan fingerprint density at radius 2 is 1.75 bits per heavy atom. The Bertz CT molecular complexity index is 755. The lowest BCUT2D eigenvalue weighted by molar-refractivity contribution is 1.00. The van der Waals surface area contributed by atoms with Gasteiger partial charge in [-0.3, -0.25) is 4.98 Å². The Morgan fingerprint density at radius 1 is 0.950 bits per heavy atom. The van der Waals surface area contributed by atoms with Crippen LogP contribution >= 0.6 is 0 Å². The molecule has 1 aromatic heterocycles. The third kappa shape index (κ3) is 2.32. The van der Waals surface area contributed by atoms with Crippen LogP contribution in [0.2, 0.25) is 0 Å². The first-order valence-corrected chi connectivity index (χ1v) is 6.43. The molecule has 3 heteroatoms. The number of para-hydroxylation sites is 2. The van der Waals surface area contributed by atoms with Crippen molar-refractivity contribution in [1.29, 1.82) is 5.26 Å². The number of nitriles is 1. The minimum Gasteiger partial charge on any atom is -0.366 e. The van der Waals surface area contributed by atoms with E-state index in [-0.39, 0.29) is 0 Å². The summed E-state index contributed by atoms with van der Waals surface area (Å²) >= 11 is 0. The molecule has 3 rings (SSSR count). The molecule has 0 saturated carbocycles. The molecule has 1 unspecified atom stereocenters. The number of pyridine rings is 1. The van der Waals surface area contributed by atoms with Gasteiger partial charge in [-0.25, -0.2) is 0 Å². The number of fused-ring (bicyclic) bond motifs is 1. The molecule has 0 fully saturated rings. The van der Waals surface area contributed by atoms with E-state index in [1.807, 2.05) is 60.7 Å². The summed E-state index contributed by atoms with van der Waals surface area (Å²) in [6, 6.07) is 21.4. The summed E-state index contributed by atoms with van der Waals surface area (Å²) in [6.45, 7) is 0. The highest BCUT2D eigenvalue weighted by Crippen LogP contribution is 2.25. The van der Waals surface area contributed by atoms with Crippen LogP contribution in [0, 0.1) is 11.3 Å². The smallest absolute Gasteiger partial charge is 0.142 e. The predicted molar refractivity (Wildman–Crippen MR) is 80.2 cm³/mol. The van der Waals surface area contributed by atoms with Crippen molar-refractivity contribution < 1.29 is 0 Å². The van der Waals surface area contributed by atoms with Gasteiger partial charge in [0.25, 0.3) is 0 Å². The summed E-state index contributed by atoms with van der Waals surface area (Å²) in [5, 5.41) is 13.7. The van der Waals surface area contributed by atoms with E-state index in [0.29, 0.717) is 0 Å². The first kappa shape index (κ1) is 12.2. The molecular weight excluding hydrogens is 246 g/mol. The monoisotopic (exact) mass is 259 g/mol. The largest absolute Gasteiger partial charge is 0.366 e. The van der Waals surface area contributed by atoms with Crippen molar-refractivity contribution >= 4 is 16.6 Å². The highest BCUT2D eigenvalue weighted by molar-refractivity contribution is 5.82. The van der Waals surface area contributed by atoms with Crippen molar-refractivity contribution in [3.8, 4) is 6.07 Å². The number of anilines is 1. The zero-order valence-electron chi connectivity index (χ0n) is 10.8. The highest BCUT2D eigenvalue weighted by Gasteiger charge is 2.14. The van der Waals surface area contributed by atoms with Crippen molar-refractivity contribution in [3.05, 3.63) is 72.4 Å². The third-order valence-corrected chi connectivity index (χ3v) is 3.19. The number of nitrogens with zero attached hydrogens (tertiary/aromatic N) is 2. The first-order valence-electron chi connectivity index (χ1n) is 6.43. The van der Waals surface area contributed by atoms with E-state index in [1.54, 1.807) is 6.20 Å². The number of nitrogens with one attached hydrogen (secondary N) is 1. The molecule has 20 heavy (non-hydrogen) atoms. The van der Waals surface area contributed by atoms with Crippen LogP contribution in [-0.2, 0) is 0 Å². The molecule has 0 spiro atoms. The summed E-state index contributed by atoms with van der Waals surface area (Å²) in [6.07, 6.45) is 1.75. The summed E-state index contributed by atoms with van der Waals surface area (Å²) < 4.78 is 0. The van der Waals surface area contributed by atoms with E-state index in [2.05, 4.69) is 16.4 Å². The van der Waals surface area contributed by atoms with Gasteiger partial charge < -0.3 is 5.32 Å². The average molecular weight is 259 g/mol. The molecule has 0 amide bonds. The summed E-state index contributed by atoms with van der Waals surface area (Å²) in [5.74, 6) is 0. The first-order chi connectivity index (χ1) is 9.88. The Morgan fingerprint density at radius 3 is 2.55 bits per heavy atom. The normalized spacial score (nSPS) is 11.8. The average Bonchev–Trinajstić information content (AvgIpc) is 2.53. The van der Waals surface area contributed by atoms with Crippen molar-refractivity contribution in [2.45, 2.75) is 6.04 Å². The van der Waals surface area contributed by atoms with E-state index in [1.165, 1.54) is 0 Å². The van der Waals surface area contributed by atoms with Gasteiger partial charge in [0, 0.05) is 22.8 Å². The Balaban J connectivity index is 2.02. The molecule has 3 aromatic rings. The second kappa shape index (κ2) is 5.41. The molecule has 0 aliphatic carbocycles. The zero-order valence-corrected chi connectivity index (χ0v) is 10.8. The molecule has 0 aliphatic rings. The quantitative estimate of drug-likeness (QED) is 0.775. The van der Waals surface area contributed by atoms with Gasteiger partial charge in [-0.1, -0.05) is 42.5 Å². The van der Waals surface area contributed by atoms with Gasteiger partial charge in [0.05, 0.1) is 11.6 Å². The van der Waals surface area contributed by atoms with Crippen LogP contribution < -0.4 is 5.32 Å². The maximum absolute atomic E-state index is 9.46. The second-order valence-electron chi connectivity index (χ2n) is 4.49. The number of hydrogen-bond acceptors (Lipinski definition) is 3. The van der Waals surface area contributed by atoms with Gasteiger partial charge in [0.15, 0.2) is 0 Å². The van der Waals surface area contributed by atoms with Crippen LogP contribution in [0.25, 0.3) is 10.9 Å². The molecule has 2 aromatic carbocycles. The van der Waals surface area contributed by atoms with Crippen LogP contribution in [0.1, 0.15) is 11.6 Å². The molecule has 1 heterocycles. The minimum atomic E-state index is -0.420. The lowest BCUT2D eigenvalue weighted by Crippen LogP contribution is -2.09. The predicted octanol–water partition coefficient (Wildman–Crippen LogP) is 3.91. The third-order valence-electron chi connectivity index (χ3n) is 3.19. The Hall–Kier alpha value is -2.86. The lowest BCUT2D eigenvalue weighted by Gasteiger charge is -2.14. The lowest BCUT2D eigenvalue weighted by atomic mass is 10.0. The number of aromatic nitrogens is 1.